The van der Waals surface area contributed by atoms with Crippen molar-refractivity contribution in [2.45, 2.75) is 91.2 Å². The lowest BCUT2D eigenvalue weighted by molar-refractivity contribution is -0.141. The molecule has 0 saturated carbocycles. The number of imide groups is 1. The fourth-order valence-electron chi connectivity index (χ4n) is 3.45. The number of carbonyl (C=O) groups is 3. The normalized spacial score (nSPS) is 19.9. The number of carboxylic acid groups (broad SMARTS) is 1. The molecule has 7 nitrogen and oxygen atoms in total. The molecule has 0 aromatic heterocycles. The van der Waals surface area contributed by atoms with E-state index in [1.807, 2.05) is 13.8 Å². The molecule has 156 valence electrons. The second kappa shape index (κ2) is 10.6. The summed E-state index contributed by atoms with van der Waals surface area (Å²) in [7, 11) is 0. The minimum Gasteiger partial charge on any atom is -0.481 e. The molecule has 3 amide bonds. The molecule has 27 heavy (non-hydrogen) atoms. The Morgan fingerprint density at radius 1 is 1.22 bits per heavy atom. The number of urea groups is 1. The van der Waals surface area contributed by atoms with Crippen molar-refractivity contribution in [1.82, 2.24) is 10.2 Å². The predicted octanol–water partition coefficient (Wildman–Crippen LogP) is 3.16. The second-order valence-electron chi connectivity index (χ2n) is 8.42. The Bertz CT molecular complexity index is 521. The molecule has 0 aromatic carbocycles. The number of unbranched alkanes of at least 4 members (excludes halogenated alkanes) is 2. The molecule has 1 heterocycles. The van der Waals surface area contributed by atoms with Crippen LogP contribution in [0.5, 0.6) is 0 Å². The summed E-state index contributed by atoms with van der Waals surface area (Å²) in [5, 5.41) is 21.8. The highest BCUT2D eigenvalue weighted by atomic mass is 16.4. The highest BCUT2D eigenvalue weighted by Gasteiger charge is 2.38. The molecule has 1 aliphatic rings. The molecule has 0 bridgehead atoms. The molecule has 1 saturated heterocycles. The van der Waals surface area contributed by atoms with E-state index in [2.05, 4.69) is 12.2 Å². The zero-order chi connectivity index (χ0) is 20.6. The van der Waals surface area contributed by atoms with Crippen molar-refractivity contribution in [1.29, 1.82) is 0 Å². The van der Waals surface area contributed by atoms with Crippen molar-refractivity contribution >= 4 is 17.9 Å². The number of aliphatic carboxylic acids is 1. The number of carbonyl (C=O) groups excluding carboxylic acids is 2. The van der Waals surface area contributed by atoms with E-state index in [0.29, 0.717) is 38.6 Å². The van der Waals surface area contributed by atoms with Crippen LogP contribution in [0.4, 0.5) is 4.79 Å². The molecule has 0 spiro atoms. The van der Waals surface area contributed by atoms with E-state index in [1.54, 1.807) is 6.92 Å². The Morgan fingerprint density at radius 2 is 1.89 bits per heavy atom. The molecule has 1 rings (SSSR count). The smallest absolute Gasteiger partial charge is 0.324 e. The van der Waals surface area contributed by atoms with Gasteiger partial charge in [-0.15, -0.1) is 0 Å². The third-order valence-corrected chi connectivity index (χ3v) is 5.68. The summed E-state index contributed by atoms with van der Waals surface area (Å²) in [5.41, 5.74) is -0.224. The molecule has 7 heteroatoms. The van der Waals surface area contributed by atoms with Crippen molar-refractivity contribution < 1.29 is 24.6 Å². The van der Waals surface area contributed by atoms with Crippen LogP contribution in [0.3, 0.4) is 0 Å². The number of aliphatic hydroxyl groups is 1. The van der Waals surface area contributed by atoms with Gasteiger partial charge in [0.15, 0.2) is 0 Å². The van der Waals surface area contributed by atoms with Crippen LogP contribution in [0.15, 0.2) is 0 Å². The predicted molar refractivity (Wildman–Crippen MR) is 103 cm³/mol. The van der Waals surface area contributed by atoms with Gasteiger partial charge in [-0.25, -0.2) is 4.79 Å². The first-order chi connectivity index (χ1) is 12.6. The van der Waals surface area contributed by atoms with E-state index in [-0.39, 0.29) is 11.3 Å². The average Bonchev–Trinajstić information content (AvgIpc) is 2.87. The monoisotopic (exact) mass is 384 g/mol. The van der Waals surface area contributed by atoms with Gasteiger partial charge in [0.05, 0.1) is 12.0 Å². The molecule has 0 aliphatic carbocycles. The van der Waals surface area contributed by atoms with Crippen LogP contribution in [-0.4, -0.2) is 51.7 Å². The number of hydrogen-bond donors (Lipinski definition) is 3. The highest BCUT2D eigenvalue weighted by molar-refractivity contribution is 6.04. The SMILES string of the molecule is CCCCC(C)(C)C(O)CCN1C(=O)NC(=O)C1CCCCC(C)C(=O)O. The number of rotatable bonds is 13. The molecule has 0 aromatic rings. The van der Waals surface area contributed by atoms with E-state index in [4.69, 9.17) is 5.11 Å². The summed E-state index contributed by atoms with van der Waals surface area (Å²) in [5.74, 6) is -1.52. The van der Waals surface area contributed by atoms with E-state index in [9.17, 15) is 19.5 Å². The van der Waals surface area contributed by atoms with Gasteiger partial charge >= 0.3 is 12.0 Å². The fourth-order valence-corrected chi connectivity index (χ4v) is 3.45. The Hall–Kier alpha value is -1.63. The molecule has 3 atom stereocenters. The molecule has 3 N–H and O–H groups in total. The van der Waals surface area contributed by atoms with Crippen LogP contribution in [-0.2, 0) is 9.59 Å². The summed E-state index contributed by atoms with van der Waals surface area (Å²) in [6.07, 6.45) is 5.39. The standard InChI is InChI=1S/C20H36N2O5/c1-5-6-12-20(3,4)16(23)11-13-22-15(17(24)21-19(22)27)10-8-7-9-14(2)18(25)26/h14-16,23H,5-13H2,1-4H3,(H,25,26)(H,21,24,27). The van der Waals surface area contributed by atoms with Crippen molar-refractivity contribution in [2.75, 3.05) is 6.54 Å². The summed E-state index contributed by atoms with van der Waals surface area (Å²) in [6.45, 7) is 8.18. The van der Waals surface area contributed by atoms with Crippen molar-refractivity contribution in [2.24, 2.45) is 11.3 Å². The van der Waals surface area contributed by atoms with Gasteiger partial charge < -0.3 is 15.1 Å². The van der Waals surface area contributed by atoms with Gasteiger partial charge in [0, 0.05) is 6.54 Å². The third-order valence-electron chi connectivity index (χ3n) is 5.68. The van der Waals surface area contributed by atoms with Gasteiger partial charge in [-0.2, -0.15) is 0 Å². The summed E-state index contributed by atoms with van der Waals surface area (Å²) in [4.78, 5) is 36.5. The topological polar surface area (TPSA) is 107 Å². The molecule has 3 unspecified atom stereocenters. The number of hydrogen-bond acceptors (Lipinski definition) is 4. The quantitative estimate of drug-likeness (QED) is 0.334. The number of aliphatic hydroxyl groups excluding tert-OH is 1. The Kier molecular flexibility index (Phi) is 9.22. The van der Waals surface area contributed by atoms with Gasteiger partial charge in [-0.05, 0) is 31.1 Å². The summed E-state index contributed by atoms with van der Waals surface area (Å²) < 4.78 is 0. The maximum absolute atomic E-state index is 12.1. The lowest BCUT2D eigenvalue weighted by Crippen LogP contribution is -2.39. The van der Waals surface area contributed by atoms with Crippen molar-refractivity contribution in [3.8, 4) is 0 Å². The van der Waals surface area contributed by atoms with E-state index < -0.39 is 30.1 Å². The number of nitrogens with zero attached hydrogens (tertiary/aromatic N) is 1. The highest BCUT2D eigenvalue weighted by Crippen LogP contribution is 2.30. The summed E-state index contributed by atoms with van der Waals surface area (Å²) >= 11 is 0. The van der Waals surface area contributed by atoms with E-state index in [1.165, 1.54) is 4.90 Å². The van der Waals surface area contributed by atoms with Gasteiger partial charge in [-0.1, -0.05) is 53.4 Å². The number of nitrogens with one attached hydrogen (secondary N) is 1. The minimum atomic E-state index is -0.815. The third kappa shape index (κ3) is 7.13. The van der Waals surface area contributed by atoms with Crippen LogP contribution in [0.2, 0.25) is 0 Å². The maximum Gasteiger partial charge on any atom is 0.324 e. The lowest BCUT2D eigenvalue weighted by atomic mass is 9.80. The van der Waals surface area contributed by atoms with E-state index in [0.717, 1.165) is 19.3 Å². The Balaban J connectivity index is 2.52. The Labute approximate surface area is 162 Å². The van der Waals surface area contributed by atoms with Crippen LogP contribution in [0.25, 0.3) is 0 Å². The van der Waals surface area contributed by atoms with Crippen LogP contribution < -0.4 is 5.32 Å². The van der Waals surface area contributed by atoms with Crippen LogP contribution in [0, 0.1) is 11.3 Å². The average molecular weight is 385 g/mol. The zero-order valence-electron chi connectivity index (χ0n) is 17.2. The van der Waals surface area contributed by atoms with Crippen LogP contribution >= 0.6 is 0 Å². The van der Waals surface area contributed by atoms with Crippen LogP contribution in [0.1, 0.15) is 79.1 Å². The van der Waals surface area contributed by atoms with Gasteiger partial charge in [0.1, 0.15) is 6.04 Å². The lowest BCUT2D eigenvalue weighted by Gasteiger charge is -2.32. The molecular formula is C20H36N2O5. The van der Waals surface area contributed by atoms with Crippen molar-refractivity contribution in [3.63, 3.8) is 0 Å². The fraction of sp³-hybridized carbons (Fsp3) is 0.850. The molecule has 0 radical (unpaired) electrons. The molecule has 1 aliphatic heterocycles. The van der Waals surface area contributed by atoms with Gasteiger partial charge in [0.25, 0.3) is 5.91 Å². The molecular weight excluding hydrogens is 348 g/mol. The number of carboxylic acids is 1. The first-order valence-corrected chi connectivity index (χ1v) is 10.1. The minimum absolute atomic E-state index is 0.224. The van der Waals surface area contributed by atoms with Crippen molar-refractivity contribution in [3.05, 3.63) is 0 Å². The Morgan fingerprint density at radius 3 is 2.48 bits per heavy atom. The van der Waals surface area contributed by atoms with E-state index >= 15 is 0 Å². The first-order valence-electron chi connectivity index (χ1n) is 10.1. The second-order valence-corrected chi connectivity index (χ2v) is 8.42. The zero-order valence-corrected chi connectivity index (χ0v) is 17.2. The van der Waals surface area contributed by atoms with Gasteiger partial charge in [-0.3, -0.25) is 14.9 Å². The molecule has 1 fully saturated rings. The summed E-state index contributed by atoms with van der Waals surface area (Å²) in [6, 6.07) is -0.925. The number of amides is 3. The first kappa shape index (κ1) is 23.4. The maximum atomic E-state index is 12.1. The van der Waals surface area contributed by atoms with Gasteiger partial charge in [0.2, 0.25) is 0 Å². The largest absolute Gasteiger partial charge is 0.481 e.